The molecular weight excluding hydrogens is 274 g/mol. The number of hydrogen-bond donors (Lipinski definition) is 1. The summed E-state index contributed by atoms with van der Waals surface area (Å²) in [7, 11) is 5.50. The second-order valence-electron chi connectivity index (χ2n) is 5.32. The Hall–Kier alpha value is -1.67. The lowest BCUT2D eigenvalue weighted by molar-refractivity contribution is 0.188. The summed E-state index contributed by atoms with van der Waals surface area (Å²) in [5, 5.41) is 6.63. The van der Waals surface area contributed by atoms with E-state index in [1.54, 1.807) is 12.0 Å². The second kappa shape index (κ2) is 7.37. The van der Waals surface area contributed by atoms with Crippen LogP contribution in [0.5, 0.6) is 0 Å². The molecule has 1 saturated heterocycles. The van der Waals surface area contributed by atoms with Gasteiger partial charge in [-0.1, -0.05) is 5.16 Å². The number of hydrogen-bond acceptors (Lipinski definition) is 6. The van der Waals surface area contributed by atoms with Gasteiger partial charge in [0.15, 0.2) is 5.82 Å². The Kier molecular flexibility index (Phi) is 5.51. The number of ether oxygens (including phenoxy) is 1. The van der Waals surface area contributed by atoms with E-state index in [4.69, 9.17) is 9.26 Å². The van der Waals surface area contributed by atoms with Crippen LogP contribution in [0.4, 0.5) is 4.79 Å². The molecule has 2 heterocycles. The summed E-state index contributed by atoms with van der Waals surface area (Å²) >= 11 is 0. The number of amides is 2. The van der Waals surface area contributed by atoms with Gasteiger partial charge in [-0.25, -0.2) is 4.79 Å². The lowest BCUT2D eigenvalue weighted by atomic mass is 10.2. The highest BCUT2D eigenvalue weighted by Gasteiger charge is 2.26. The lowest BCUT2D eigenvalue weighted by Crippen LogP contribution is -2.44. The summed E-state index contributed by atoms with van der Waals surface area (Å²) < 4.78 is 10.0. The fourth-order valence-corrected chi connectivity index (χ4v) is 2.33. The van der Waals surface area contributed by atoms with Crippen LogP contribution in [0.1, 0.15) is 18.1 Å². The second-order valence-corrected chi connectivity index (χ2v) is 5.32. The van der Waals surface area contributed by atoms with Gasteiger partial charge in [0.2, 0.25) is 5.89 Å². The van der Waals surface area contributed by atoms with Crippen molar-refractivity contribution in [2.75, 3.05) is 40.9 Å². The van der Waals surface area contributed by atoms with Crippen molar-refractivity contribution >= 4 is 6.03 Å². The predicted octanol–water partition coefficient (Wildman–Crippen LogP) is 0.104. The van der Waals surface area contributed by atoms with E-state index in [1.165, 1.54) is 0 Å². The fraction of sp³-hybridized carbons (Fsp3) is 0.769. The van der Waals surface area contributed by atoms with Crippen LogP contribution in [0.25, 0.3) is 0 Å². The van der Waals surface area contributed by atoms with Crippen molar-refractivity contribution < 1.29 is 14.1 Å². The number of urea groups is 1. The normalized spacial score (nSPS) is 18.9. The number of carbonyl (C=O) groups is 1. The minimum atomic E-state index is -0.119. The van der Waals surface area contributed by atoms with Crippen LogP contribution in [-0.2, 0) is 17.7 Å². The van der Waals surface area contributed by atoms with Gasteiger partial charge in [-0.2, -0.15) is 4.98 Å². The van der Waals surface area contributed by atoms with Gasteiger partial charge in [-0.05, 0) is 20.0 Å². The van der Waals surface area contributed by atoms with Crippen LogP contribution in [0.15, 0.2) is 4.52 Å². The Morgan fingerprint density at radius 2 is 2.43 bits per heavy atom. The number of rotatable bonds is 6. The van der Waals surface area contributed by atoms with E-state index in [1.807, 2.05) is 7.05 Å². The first-order valence-electron chi connectivity index (χ1n) is 7.09. The van der Waals surface area contributed by atoms with Crippen LogP contribution in [0.3, 0.4) is 0 Å². The number of nitrogens with zero attached hydrogens (tertiary/aromatic N) is 4. The molecule has 0 bridgehead atoms. The third-order valence-corrected chi connectivity index (χ3v) is 3.67. The van der Waals surface area contributed by atoms with Gasteiger partial charge < -0.3 is 24.4 Å². The van der Waals surface area contributed by atoms with Crippen molar-refractivity contribution in [1.82, 2.24) is 25.3 Å². The third kappa shape index (κ3) is 4.40. The fourth-order valence-electron chi connectivity index (χ4n) is 2.33. The summed E-state index contributed by atoms with van der Waals surface area (Å²) in [6.07, 6.45) is 1.60. The zero-order chi connectivity index (χ0) is 15.2. The molecular formula is C13H23N5O3. The van der Waals surface area contributed by atoms with E-state index in [9.17, 15) is 4.79 Å². The Balaban J connectivity index is 1.76. The standard InChI is InChI=1S/C13H23N5O3/c1-17-6-4-10(9-17)18(2)13(19)14-8-12-15-11(16-21-12)5-7-20-3/h10H,4-9H2,1-3H3,(H,14,19)/t10-/m1/s1. The molecule has 0 aromatic carbocycles. The maximum absolute atomic E-state index is 12.1. The van der Waals surface area contributed by atoms with E-state index >= 15 is 0 Å². The summed E-state index contributed by atoms with van der Waals surface area (Å²) in [6, 6.07) is 0.141. The number of methoxy groups -OCH3 is 1. The van der Waals surface area contributed by atoms with Crippen LogP contribution in [0.2, 0.25) is 0 Å². The van der Waals surface area contributed by atoms with Crippen LogP contribution >= 0.6 is 0 Å². The number of carbonyl (C=O) groups excluding carboxylic acids is 1. The minimum absolute atomic E-state index is 0.119. The van der Waals surface area contributed by atoms with Gasteiger partial charge in [-0.15, -0.1) is 0 Å². The van der Waals surface area contributed by atoms with E-state index in [-0.39, 0.29) is 18.6 Å². The van der Waals surface area contributed by atoms with Crippen molar-refractivity contribution in [2.24, 2.45) is 0 Å². The maximum atomic E-state index is 12.1. The number of aromatic nitrogens is 2. The first-order chi connectivity index (χ1) is 10.1. The van der Waals surface area contributed by atoms with Crippen molar-refractivity contribution in [3.63, 3.8) is 0 Å². The molecule has 1 aliphatic heterocycles. The molecule has 0 saturated carbocycles. The number of likely N-dealkylation sites (N-methyl/N-ethyl adjacent to an activating group) is 2. The molecule has 1 aliphatic rings. The molecule has 1 fully saturated rings. The minimum Gasteiger partial charge on any atom is -0.384 e. The van der Waals surface area contributed by atoms with E-state index in [2.05, 4.69) is 27.4 Å². The summed E-state index contributed by atoms with van der Waals surface area (Å²) in [6.45, 7) is 2.72. The molecule has 1 atom stereocenters. The molecule has 2 amide bonds. The lowest BCUT2D eigenvalue weighted by Gasteiger charge is -2.24. The molecule has 1 aromatic heterocycles. The summed E-state index contributed by atoms with van der Waals surface area (Å²) in [5.41, 5.74) is 0. The summed E-state index contributed by atoms with van der Waals surface area (Å²) in [4.78, 5) is 20.2. The van der Waals surface area contributed by atoms with Gasteiger partial charge in [0.05, 0.1) is 13.2 Å². The largest absolute Gasteiger partial charge is 0.384 e. The van der Waals surface area contributed by atoms with Crippen molar-refractivity contribution in [1.29, 1.82) is 0 Å². The van der Waals surface area contributed by atoms with Gasteiger partial charge in [0, 0.05) is 33.2 Å². The first-order valence-corrected chi connectivity index (χ1v) is 7.09. The Bertz CT molecular complexity index is 464. The average molecular weight is 297 g/mol. The molecule has 0 spiro atoms. The first kappa shape index (κ1) is 15.7. The molecule has 8 nitrogen and oxygen atoms in total. The third-order valence-electron chi connectivity index (χ3n) is 3.67. The van der Waals surface area contributed by atoms with Crippen LogP contribution in [0, 0.1) is 0 Å². The highest BCUT2D eigenvalue weighted by Crippen LogP contribution is 2.12. The Morgan fingerprint density at radius 1 is 1.62 bits per heavy atom. The number of nitrogens with one attached hydrogen (secondary N) is 1. The maximum Gasteiger partial charge on any atom is 0.317 e. The molecule has 0 aliphatic carbocycles. The van der Waals surface area contributed by atoms with E-state index in [0.717, 1.165) is 19.5 Å². The van der Waals surface area contributed by atoms with Crippen molar-refractivity contribution in [3.05, 3.63) is 11.7 Å². The van der Waals surface area contributed by atoms with Crippen LogP contribution in [-0.4, -0.2) is 72.9 Å². The average Bonchev–Trinajstić information content (AvgIpc) is 3.10. The molecule has 21 heavy (non-hydrogen) atoms. The molecule has 0 unspecified atom stereocenters. The molecule has 118 valence electrons. The highest BCUT2D eigenvalue weighted by molar-refractivity contribution is 5.74. The van der Waals surface area contributed by atoms with E-state index in [0.29, 0.717) is 24.7 Å². The molecule has 1 N–H and O–H groups in total. The van der Waals surface area contributed by atoms with Gasteiger partial charge in [-0.3, -0.25) is 0 Å². The van der Waals surface area contributed by atoms with Crippen molar-refractivity contribution in [2.45, 2.75) is 25.4 Å². The van der Waals surface area contributed by atoms with Gasteiger partial charge >= 0.3 is 6.03 Å². The Morgan fingerprint density at radius 3 is 3.10 bits per heavy atom. The summed E-state index contributed by atoms with van der Waals surface area (Å²) in [5.74, 6) is 0.998. The monoisotopic (exact) mass is 297 g/mol. The smallest absolute Gasteiger partial charge is 0.317 e. The highest BCUT2D eigenvalue weighted by atomic mass is 16.5. The van der Waals surface area contributed by atoms with Crippen molar-refractivity contribution in [3.8, 4) is 0 Å². The zero-order valence-corrected chi connectivity index (χ0v) is 12.8. The SMILES string of the molecule is COCCc1noc(CNC(=O)N(C)[C@@H]2CCN(C)C2)n1. The molecule has 2 rings (SSSR count). The predicted molar refractivity (Wildman–Crippen MR) is 75.8 cm³/mol. The molecule has 8 heteroatoms. The Labute approximate surface area is 124 Å². The number of likely N-dealkylation sites (tertiary alicyclic amines) is 1. The van der Waals surface area contributed by atoms with E-state index < -0.39 is 0 Å². The quantitative estimate of drug-likeness (QED) is 0.802. The molecule has 1 aromatic rings. The zero-order valence-electron chi connectivity index (χ0n) is 12.8. The topological polar surface area (TPSA) is 83.7 Å². The van der Waals surface area contributed by atoms with Gasteiger partial charge in [0.25, 0.3) is 0 Å². The van der Waals surface area contributed by atoms with Crippen LogP contribution < -0.4 is 5.32 Å². The van der Waals surface area contributed by atoms with Gasteiger partial charge in [0.1, 0.15) is 0 Å². The molecule has 0 radical (unpaired) electrons.